The first-order valence-electron chi connectivity index (χ1n) is 6.39. The maximum atomic E-state index is 13.5. The molecular weight excluding hydrogens is 410 g/mol. The Bertz CT molecular complexity index is 945. The van der Waals surface area contributed by atoms with Crippen molar-refractivity contribution >= 4 is 39.1 Å². The molecule has 2 aromatic rings. The number of benzene rings is 2. The van der Waals surface area contributed by atoms with Gasteiger partial charge in [0.15, 0.2) is 33.1 Å². The molecule has 0 saturated heterocycles. The van der Waals surface area contributed by atoms with E-state index in [1.165, 1.54) is 18.2 Å². The van der Waals surface area contributed by atoms with Gasteiger partial charge in [-0.05, 0) is 23.8 Å². The number of sulfone groups is 1. The van der Waals surface area contributed by atoms with Crippen molar-refractivity contribution in [3.05, 3.63) is 73.9 Å². The predicted molar refractivity (Wildman–Crippen MR) is 84.4 cm³/mol. The average Bonchev–Trinajstić information content (AvgIpc) is 2.54. The van der Waals surface area contributed by atoms with Crippen molar-refractivity contribution < 1.29 is 30.4 Å². The quantitative estimate of drug-likeness (QED) is 0.386. The molecule has 0 N–H and O–H groups in total. The molecule has 0 fully saturated rings. The van der Waals surface area contributed by atoms with Gasteiger partial charge in [-0.2, -0.15) is 0 Å². The highest BCUT2D eigenvalue weighted by Gasteiger charge is 2.24. The normalized spacial score (nSPS) is 12.1. The van der Waals surface area contributed by atoms with Crippen molar-refractivity contribution in [3.8, 4) is 0 Å². The van der Waals surface area contributed by atoms with Crippen LogP contribution < -0.4 is 0 Å². The Hall–Kier alpha value is -1.64. The van der Waals surface area contributed by atoms with Crippen molar-refractivity contribution in [2.24, 2.45) is 0 Å². The molecule has 0 radical (unpaired) electrons. The SMILES string of the molecule is O=S(=O)(/C=C/c1c(F)c(F)c(F)c(F)c1F)Cc1ccc(Cl)c(Cl)c1. The highest BCUT2D eigenvalue weighted by atomic mass is 35.5. The first-order valence-corrected chi connectivity index (χ1v) is 8.87. The van der Waals surface area contributed by atoms with Gasteiger partial charge in [-0.25, -0.2) is 30.4 Å². The molecule has 2 aromatic carbocycles. The van der Waals surface area contributed by atoms with Crippen molar-refractivity contribution in [2.75, 3.05) is 0 Å². The van der Waals surface area contributed by atoms with Crippen LogP contribution in [0.15, 0.2) is 23.6 Å². The van der Waals surface area contributed by atoms with E-state index < -0.39 is 50.2 Å². The molecule has 0 atom stereocenters. The number of hydrogen-bond donors (Lipinski definition) is 0. The van der Waals surface area contributed by atoms with Gasteiger partial charge in [0.05, 0.1) is 21.4 Å². The summed E-state index contributed by atoms with van der Waals surface area (Å²) in [6.07, 6.45) is 0.309. The second kappa shape index (κ2) is 7.31. The van der Waals surface area contributed by atoms with E-state index in [1.807, 2.05) is 0 Å². The van der Waals surface area contributed by atoms with Crippen LogP contribution in [0.25, 0.3) is 6.08 Å². The maximum Gasteiger partial charge on any atom is 0.200 e. The van der Waals surface area contributed by atoms with Gasteiger partial charge in [-0.15, -0.1) is 0 Å². The lowest BCUT2D eigenvalue weighted by Crippen LogP contribution is -2.05. The molecule has 0 amide bonds. The second-order valence-electron chi connectivity index (χ2n) is 4.84. The molecule has 10 heteroatoms. The summed E-state index contributed by atoms with van der Waals surface area (Å²) in [6, 6.07) is 3.98. The monoisotopic (exact) mass is 416 g/mol. The van der Waals surface area contributed by atoms with Crippen LogP contribution in [0.3, 0.4) is 0 Å². The number of halogens is 7. The lowest BCUT2D eigenvalue weighted by molar-refractivity contribution is 0.377. The summed E-state index contributed by atoms with van der Waals surface area (Å²) in [5.74, 6) is -11.5. The second-order valence-corrected chi connectivity index (χ2v) is 7.54. The minimum Gasteiger partial charge on any atom is -0.224 e. The highest BCUT2D eigenvalue weighted by Crippen LogP contribution is 2.26. The molecule has 0 heterocycles. The third-order valence-electron chi connectivity index (χ3n) is 3.04. The van der Waals surface area contributed by atoms with Crippen molar-refractivity contribution in [1.82, 2.24) is 0 Å². The van der Waals surface area contributed by atoms with Crippen LogP contribution in [0.2, 0.25) is 10.0 Å². The fourth-order valence-electron chi connectivity index (χ4n) is 1.85. The zero-order valence-corrected chi connectivity index (χ0v) is 14.3. The third kappa shape index (κ3) is 4.31. The third-order valence-corrected chi connectivity index (χ3v) is 5.06. The average molecular weight is 417 g/mol. The minimum atomic E-state index is -4.09. The van der Waals surface area contributed by atoms with Crippen LogP contribution in [0.4, 0.5) is 22.0 Å². The molecule has 0 bridgehead atoms. The smallest absolute Gasteiger partial charge is 0.200 e. The molecule has 0 aliphatic rings. The zero-order valence-electron chi connectivity index (χ0n) is 12.0. The van der Waals surface area contributed by atoms with Crippen molar-refractivity contribution in [3.63, 3.8) is 0 Å². The number of rotatable bonds is 4. The summed E-state index contributed by atoms with van der Waals surface area (Å²) in [5.41, 5.74) is -1.13. The Morgan fingerprint density at radius 3 is 1.88 bits per heavy atom. The summed E-state index contributed by atoms with van der Waals surface area (Å²) in [5, 5.41) is 0.645. The van der Waals surface area contributed by atoms with Gasteiger partial charge in [-0.3, -0.25) is 0 Å². The summed E-state index contributed by atoms with van der Waals surface area (Å²) in [4.78, 5) is 0. The first kappa shape index (κ1) is 19.7. The molecule has 0 aliphatic heterocycles. The van der Waals surface area contributed by atoms with Gasteiger partial charge in [0.2, 0.25) is 5.82 Å². The fourth-order valence-corrected chi connectivity index (χ4v) is 3.25. The molecule has 0 unspecified atom stereocenters. The van der Waals surface area contributed by atoms with Crippen LogP contribution in [0.5, 0.6) is 0 Å². The largest absolute Gasteiger partial charge is 0.224 e. The Kier molecular flexibility index (Phi) is 5.75. The zero-order chi connectivity index (χ0) is 18.9. The molecule has 25 heavy (non-hydrogen) atoms. The van der Waals surface area contributed by atoms with Gasteiger partial charge in [0.1, 0.15) is 0 Å². The Morgan fingerprint density at radius 1 is 0.840 bits per heavy atom. The van der Waals surface area contributed by atoms with E-state index in [9.17, 15) is 30.4 Å². The standard InChI is InChI=1S/C15H7Cl2F5O2S/c16-9-2-1-7(5-10(9)17)6-25(23,24)4-3-8-11(18)13(20)15(22)14(21)12(8)19/h1-5H,6H2/b4-3+. The van der Waals surface area contributed by atoms with E-state index in [-0.39, 0.29) is 15.6 Å². The molecule has 0 aromatic heterocycles. The van der Waals surface area contributed by atoms with Gasteiger partial charge in [0, 0.05) is 5.41 Å². The lowest BCUT2D eigenvalue weighted by atomic mass is 10.1. The molecule has 2 nitrogen and oxygen atoms in total. The van der Waals surface area contributed by atoms with E-state index in [1.54, 1.807) is 0 Å². The van der Waals surface area contributed by atoms with E-state index in [2.05, 4.69) is 0 Å². The van der Waals surface area contributed by atoms with E-state index >= 15 is 0 Å². The summed E-state index contributed by atoms with van der Waals surface area (Å²) in [6.45, 7) is 0. The minimum absolute atomic E-state index is 0.0955. The predicted octanol–water partition coefficient (Wildman–Crippen LogP) is 5.27. The first-order chi connectivity index (χ1) is 11.5. The fraction of sp³-hybridized carbons (Fsp3) is 0.0667. The molecule has 2 rings (SSSR count). The van der Waals surface area contributed by atoms with Crippen LogP contribution in [-0.2, 0) is 15.6 Å². The van der Waals surface area contributed by atoms with Crippen molar-refractivity contribution in [1.29, 1.82) is 0 Å². The molecule has 0 saturated carbocycles. The molecule has 0 spiro atoms. The van der Waals surface area contributed by atoms with E-state index in [4.69, 9.17) is 23.2 Å². The van der Waals surface area contributed by atoms with Gasteiger partial charge < -0.3 is 0 Å². The summed E-state index contributed by atoms with van der Waals surface area (Å²) >= 11 is 11.4. The Labute approximate surface area is 149 Å². The maximum absolute atomic E-state index is 13.5. The van der Waals surface area contributed by atoms with Gasteiger partial charge in [-0.1, -0.05) is 29.3 Å². The number of hydrogen-bond acceptors (Lipinski definition) is 2. The van der Waals surface area contributed by atoms with Crippen LogP contribution in [0, 0.1) is 29.1 Å². The van der Waals surface area contributed by atoms with Crippen LogP contribution in [0.1, 0.15) is 11.1 Å². The van der Waals surface area contributed by atoms with Crippen LogP contribution in [-0.4, -0.2) is 8.42 Å². The molecular formula is C15H7Cl2F5O2S. The molecule has 134 valence electrons. The lowest BCUT2D eigenvalue weighted by Gasteiger charge is -2.05. The van der Waals surface area contributed by atoms with Gasteiger partial charge >= 0.3 is 0 Å². The summed E-state index contributed by atoms with van der Waals surface area (Å²) in [7, 11) is -4.09. The van der Waals surface area contributed by atoms with Crippen LogP contribution >= 0.6 is 23.2 Å². The van der Waals surface area contributed by atoms with E-state index in [0.29, 0.717) is 11.5 Å². The van der Waals surface area contributed by atoms with Gasteiger partial charge in [0.25, 0.3) is 0 Å². The highest BCUT2D eigenvalue weighted by molar-refractivity contribution is 7.93. The Morgan fingerprint density at radius 2 is 1.36 bits per heavy atom. The molecule has 0 aliphatic carbocycles. The Balaban J connectivity index is 2.36. The van der Waals surface area contributed by atoms with E-state index in [0.717, 1.165) is 0 Å². The summed E-state index contributed by atoms with van der Waals surface area (Å²) < 4.78 is 90.0. The van der Waals surface area contributed by atoms with Crippen molar-refractivity contribution in [2.45, 2.75) is 5.75 Å². The topological polar surface area (TPSA) is 34.1 Å².